The molecule has 3 rings (SSSR count). The van der Waals surface area contributed by atoms with Crippen LogP contribution in [0.15, 0.2) is 48.8 Å². The number of nitrogens with zero attached hydrogens (tertiary/aromatic N) is 2. The number of carbonyl (C=O) groups is 1. The van der Waals surface area contributed by atoms with E-state index >= 15 is 0 Å². The first-order valence-corrected chi connectivity index (χ1v) is 6.11. The van der Waals surface area contributed by atoms with Crippen molar-refractivity contribution in [1.29, 1.82) is 0 Å². The first-order valence-electron chi connectivity index (χ1n) is 6.11. The Labute approximate surface area is 118 Å². The average Bonchev–Trinajstić information content (AvgIpc) is 2.49. The number of fused-ring (bicyclic) bond motifs is 1. The van der Waals surface area contributed by atoms with Gasteiger partial charge in [-0.15, -0.1) is 0 Å². The van der Waals surface area contributed by atoms with Crippen molar-refractivity contribution in [3.63, 3.8) is 0 Å². The van der Waals surface area contributed by atoms with E-state index in [0.29, 0.717) is 17.0 Å². The fourth-order valence-corrected chi connectivity index (χ4v) is 1.96. The number of rotatable bonds is 2. The molecule has 6 heteroatoms. The van der Waals surface area contributed by atoms with E-state index in [1.54, 1.807) is 24.3 Å². The van der Waals surface area contributed by atoms with E-state index in [-0.39, 0.29) is 11.4 Å². The van der Waals surface area contributed by atoms with E-state index < -0.39 is 17.5 Å². The topological polar surface area (TPSA) is 54.9 Å². The molecule has 3 aromatic rings. The molecule has 2 aromatic carbocycles. The predicted octanol–water partition coefficient (Wildman–Crippen LogP) is 3.16. The van der Waals surface area contributed by atoms with Gasteiger partial charge in [0, 0.05) is 11.5 Å². The van der Waals surface area contributed by atoms with Crippen molar-refractivity contribution < 1.29 is 13.6 Å². The third-order valence-corrected chi connectivity index (χ3v) is 2.94. The van der Waals surface area contributed by atoms with Crippen LogP contribution < -0.4 is 5.32 Å². The van der Waals surface area contributed by atoms with Crippen molar-refractivity contribution in [2.75, 3.05) is 5.32 Å². The lowest BCUT2D eigenvalue weighted by molar-refractivity contribution is 0.102. The largest absolute Gasteiger partial charge is 0.318 e. The number of aromatic nitrogens is 2. The summed E-state index contributed by atoms with van der Waals surface area (Å²) >= 11 is 0. The third-order valence-electron chi connectivity index (χ3n) is 2.94. The van der Waals surface area contributed by atoms with Gasteiger partial charge >= 0.3 is 0 Å². The number of nitrogens with one attached hydrogen (secondary N) is 1. The Hall–Kier alpha value is -2.89. The number of hydrogen-bond acceptors (Lipinski definition) is 3. The van der Waals surface area contributed by atoms with Crippen LogP contribution in [-0.2, 0) is 0 Å². The van der Waals surface area contributed by atoms with Gasteiger partial charge in [-0.05, 0) is 18.2 Å². The first-order chi connectivity index (χ1) is 10.1. The maximum absolute atomic E-state index is 13.6. The van der Waals surface area contributed by atoms with Gasteiger partial charge in [-0.25, -0.2) is 18.7 Å². The van der Waals surface area contributed by atoms with Gasteiger partial charge in [0.25, 0.3) is 5.91 Å². The van der Waals surface area contributed by atoms with E-state index in [0.717, 1.165) is 12.1 Å². The average molecular weight is 285 g/mol. The highest BCUT2D eigenvalue weighted by Crippen LogP contribution is 2.18. The molecule has 1 aromatic heterocycles. The standard InChI is InChI=1S/C15H9F2N3O/c16-9-5-6-13(11(17)7-9)20-15(21)14-10-3-1-2-4-12(10)18-8-19-14/h1-8H,(H,20,21). The van der Waals surface area contributed by atoms with Crippen LogP contribution in [0.4, 0.5) is 14.5 Å². The van der Waals surface area contributed by atoms with Crippen LogP contribution in [0, 0.1) is 11.6 Å². The van der Waals surface area contributed by atoms with Gasteiger partial charge in [-0.1, -0.05) is 18.2 Å². The fourth-order valence-electron chi connectivity index (χ4n) is 1.96. The van der Waals surface area contributed by atoms with Crippen molar-refractivity contribution in [3.8, 4) is 0 Å². The van der Waals surface area contributed by atoms with Gasteiger partial charge < -0.3 is 5.32 Å². The van der Waals surface area contributed by atoms with E-state index in [1.165, 1.54) is 6.33 Å². The first kappa shape index (κ1) is 13.1. The minimum absolute atomic E-state index is 0.107. The second-order valence-electron chi connectivity index (χ2n) is 4.32. The van der Waals surface area contributed by atoms with E-state index in [9.17, 15) is 13.6 Å². The number of benzene rings is 2. The quantitative estimate of drug-likeness (QED) is 0.787. The predicted molar refractivity (Wildman–Crippen MR) is 73.8 cm³/mol. The van der Waals surface area contributed by atoms with E-state index in [4.69, 9.17) is 0 Å². The van der Waals surface area contributed by atoms with Crippen molar-refractivity contribution in [2.45, 2.75) is 0 Å². The molecule has 0 bridgehead atoms. The number of para-hydroxylation sites is 1. The van der Waals surface area contributed by atoms with Gasteiger partial charge in [-0.2, -0.15) is 0 Å². The van der Waals surface area contributed by atoms with Crippen LogP contribution in [0.3, 0.4) is 0 Å². The minimum Gasteiger partial charge on any atom is -0.318 e. The molecule has 0 aliphatic rings. The molecule has 0 aliphatic heterocycles. The number of carbonyl (C=O) groups excluding carboxylic acids is 1. The summed E-state index contributed by atoms with van der Waals surface area (Å²) in [6.45, 7) is 0. The number of hydrogen-bond donors (Lipinski definition) is 1. The van der Waals surface area contributed by atoms with Crippen molar-refractivity contribution in [1.82, 2.24) is 9.97 Å². The fraction of sp³-hybridized carbons (Fsp3) is 0. The zero-order chi connectivity index (χ0) is 14.8. The summed E-state index contributed by atoms with van der Waals surface area (Å²) in [7, 11) is 0. The molecule has 0 radical (unpaired) electrons. The zero-order valence-electron chi connectivity index (χ0n) is 10.7. The van der Waals surface area contributed by atoms with E-state index in [1.807, 2.05) is 0 Å². The molecule has 0 saturated heterocycles. The van der Waals surface area contributed by atoms with Crippen LogP contribution in [0.1, 0.15) is 10.5 Å². The molecule has 1 amide bonds. The summed E-state index contributed by atoms with van der Waals surface area (Å²) in [5.41, 5.74) is 0.630. The van der Waals surface area contributed by atoms with E-state index in [2.05, 4.69) is 15.3 Å². The van der Waals surface area contributed by atoms with Crippen LogP contribution in [0.25, 0.3) is 10.9 Å². The lowest BCUT2D eigenvalue weighted by Gasteiger charge is -2.07. The van der Waals surface area contributed by atoms with Crippen molar-refractivity contribution in [3.05, 3.63) is 66.1 Å². The van der Waals surface area contributed by atoms with Crippen LogP contribution in [0.5, 0.6) is 0 Å². The van der Waals surface area contributed by atoms with Gasteiger partial charge in [0.15, 0.2) is 0 Å². The molecular weight excluding hydrogens is 276 g/mol. The molecule has 104 valence electrons. The second kappa shape index (κ2) is 5.24. The van der Waals surface area contributed by atoms with Crippen molar-refractivity contribution >= 4 is 22.5 Å². The molecule has 1 N–H and O–H groups in total. The Morgan fingerprint density at radius 1 is 1.05 bits per heavy atom. The Balaban J connectivity index is 1.97. The normalized spacial score (nSPS) is 10.6. The SMILES string of the molecule is O=C(Nc1ccc(F)cc1F)c1ncnc2ccccc12. The molecule has 0 atom stereocenters. The molecule has 0 aliphatic carbocycles. The Morgan fingerprint density at radius 3 is 2.67 bits per heavy atom. The van der Waals surface area contributed by atoms with Gasteiger partial charge in [0.05, 0.1) is 11.2 Å². The summed E-state index contributed by atoms with van der Waals surface area (Å²) in [5.74, 6) is -2.14. The Kier molecular flexibility index (Phi) is 3.27. The highest BCUT2D eigenvalue weighted by molar-refractivity contribution is 6.10. The summed E-state index contributed by atoms with van der Waals surface area (Å²) in [4.78, 5) is 20.2. The highest BCUT2D eigenvalue weighted by atomic mass is 19.1. The summed E-state index contributed by atoms with van der Waals surface area (Å²) < 4.78 is 26.4. The number of anilines is 1. The Bertz CT molecular complexity index is 831. The molecule has 0 saturated carbocycles. The van der Waals surface area contributed by atoms with Crippen molar-refractivity contribution in [2.24, 2.45) is 0 Å². The highest BCUT2D eigenvalue weighted by Gasteiger charge is 2.14. The second-order valence-corrected chi connectivity index (χ2v) is 4.32. The molecule has 0 unspecified atom stereocenters. The minimum atomic E-state index is -0.846. The summed E-state index contributed by atoms with van der Waals surface area (Å²) in [5, 5.41) is 2.93. The molecule has 1 heterocycles. The maximum atomic E-state index is 13.6. The van der Waals surface area contributed by atoms with Crippen LogP contribution >= 0.6 is 0 Å². The van der Waals surface area contributed by atoms with Crippen LogP contribution in [0.2, 0.25) is 0 Å². The summed E-state index contributed by atoms with van der Waals surface area (Å²) in [6.07, 6.45) is 1.26. The van der Waals surface area contributed by atoms with Gasteiger partial charge in [0.1, 0.15) is 23.7 Å². The lowest BCUT2D eigenvalue weighted by atomic mass is 10.1. The number of amides is 1. The zero-order valence-corrected chi connectivity index (χ0v) is 10.7. The summed E-state index contributed by atoms with van der Waals surface area (Å²) in [6, 6.07) is 9.91. The van der Waals surface area contributed by atoms with Gasteiger partial charge in [-0.3, -0.25) is 4.79 Å². The molecular formula is C15H9F2N3O. The molecule has 21 heavy (non-hydrogen) atoms. The molecule has 0 fully saturated rings. The monoisotopic (exact) mass is 285 g/mol. The van der Waals surface area contributed by atoms with Crippen LogP contribution in [-0.4, -0.2) is 15.9 Å². The Morgan fingerprint density at radius 2 is 1.86 bits per heavy atom. The smallest absolute Gasteiger partial charge is 0.275 e. The lowest BCUT2D eigenvalue weighted by Crippen LogP contribution is -2.15. The molecule has 0 spiro atoms. The number of halogens is 2. The maximum Gasteiger partial charge on any atom is 0.275 e. The third kappa shape index (κ3) is 2.55. The molecule has 4 nitrogen and oxygen atoms in total. The van der Waals surface area contributed by atoms with Gasteiger partial charge in [0.2, 0.25) is 0 Å².